The summed E-state index contributed by atoms with van der Waals surface area (Å²) in [4.78, 5) is 9.82. The molecule has 0 aromatic carbocycles. The normalized spacial score (nSPS) is 41.8. The van der Waals surface area contributed by atoms with Crippen molar-refractivity contribution in [1.82, 2.24) is 0 Å². The fourth-order valence-corrected chi connectivity index (χ4v) is 3.26. The third-order valence-electron chi connectivity index (χ3n) is 1.52. The first-order chi connectivity index (χ1) is 4.74. The quantitative estimate of drug-likeness (QED) is 0.531. The third-order valence-corrected chi connectivity index (χ3v) is 3.73. The maximum absolute atomic E-state index is 5.45. The molecule has 55 valence electrons. The van der Waals surface area contributed by atoms with Gasteiger partial charge in [0.05, 0.1) is 0 Å². The predicted octanol–water partition coefficient (Wildman–Crippen LogP) is 1.03. The van der Waals surface area contributed by atoms with Gasteiger partial charge in [0.2, 0.25) is 0 Å². The Morgan fingerprint density at radius 1 is 1.30 bits per heavy atom. The summed E-state index contributed by atoms with van der Waals surface area (Å²) in [6.07, 6.45) is 0.186. The van der Waals surface area contributed by atoms with Crippen molar-refractivity contribution in [3.8, 4) is 0 Å². The Hall–Kier alpha value is 0.815. The molecular formula is C6H11HgO3. The Morgan fingerprint density at radius 3 is 2.50 bits per heavy atom. The molecule has 3 atom stereocenters. The Bertz CT molecular complexity index is 109. The van der Waals surface area contributed by atoms with E-state index in [9.17, 15) is 0 Å². The van der Waals surface area contributed by atoms with Crippen molar-refractivity contribution in [3.05, 3.63) is 0 Å². The van der Waals surface area contributed by atoms with E-state index in [1.54, 1.807) is 0 Å². The van der Waals surface area contributed by atoms with Crippen LogP contribution in [0, 0.1) is 0 Å². The van der Waals surface area contributed by atoms with E-state index in [4.69, 9.17) is 14.5 Å². The van der Waals surface area contributed by atoms with E-state index < -0.39 is 0 Å². The summed E-state index contributed by atoms with van der Waals surface area (Å²) in [7, 11) is 0. The standard InChI is InChI=1S/C6H11O3.Hg/c1-4-5(2)8-9-6(3)7-4;/h4-6H,1H2,2-3H3;/t4-,5?,6-;/m1./s1. The van der Waals surface area contributed by atoms with E-state index in [1.807, 2.05) is 13.8 Å². The Kier molecular flexibility index (Phi) is 3.56. The summed E-state index contributed by atoms with van der Waals surface area (Å²) < 4.78 is 6.61. The van der Waals surface area contributed by atoms with Crippen LogP contribution in [0.15, 0.2) is 0 Å². The van der Waals surface area contributed by atoms with Crippen LogP contribution in [-0.4, -0.2) is 18.5 Å². The average Bonchev–Trinajstić information content (AvgIpc) is 1.94. The van der Waals surface area contributed by atoms with E-state index in [0.717, 1.165) is 30.1 Å². The molecule has 1 saturated heterocycles. The Balaban J connectivity index is 2.38. The van der Waals surface area contributed by atoms with Gasteiger partial charge in [0.15, 0.2) is 0 Å². The molecule has 1 fully saturated rings. The summed E-state index contributed by atoms with van der Waals surface area (Å²) in [6, 6.07) is 0. The summed E-state index contributed by atoms with van der Waals surface area (Å²) in [5, 5.41) is 0. The van der Waals surface area contributed by atoms with Crippen molar-refractivity contribution in [2.45, 2.75) is 36.3 Å². The van der Waals surface area contributed by atoms with Crippen LogP contribution in [0.25, 0.3) is 0 Å². The Morgan fingerprint density at radius 2 is 2.00 bits per heavy atom. The van der Waals surface area contributed by atoms with Crippen LogP contribution in [0.4, 0.5) is 0 Å². The van der Waals surface area contributed by atoms with Gasteiger partial charge in [-0.2, -0.15) is 0 Å². The second-order valence-electron chi connectivity index (χ2n) is 2.43. The predicted molar refractivity (Wildman–Crippen MR) is 30.8 cm³/mol. The number of hydrogen-bond acceptors (Lipinski definition) is 3. The van der Waals surface area contributed by atoms with Crippen molar-refractivity contribution in [2.75, 3.05) is 0 Å². The third kappa shape index (κ3) is 2.15. The Labute approximate surface area is 76.9 Å². The molecule has 0 bridgehead atoms. The van der Waals surface area contributed by atoms with Gasteiger partial charge in [0.1, 0.15) is 0 Å². The van der Waals surface area contributed by atoms with Crippen molar-refractivity contribution >= 4 is 0 Å². The molecule has 1 heterocycles. The van der Waals surface area contributed by atoms with Gasteiger partial charge in [-0.25, -0.2) is 0 Å². The molecule has 1 aliphatic rings. The molecule has 0 aromatic rings. The molecule has 0 aromatic heterocycles. The molecule has 1 unspecified atom stereocenters. The van der Waals surface area contributed by atoms with Gasteiger partial charge in [0.25, 0.3) is 0 Å². The molecule has 1 aliphatic heterocycles. The molecule has 0 spiro atoms. The summed E-state index contributed by atoms with van der Waals surface area (Å²) in [6.45, 7) is 3.83. The monoisotopic (exact) mass is 333 g/mol. The fourth-order valence-electron chi connectivity index (χ4n) is 0.910. The molecular weight excluding hydrogens is 321 g/mol. The first-order valence-electron chi connectivity index (χ1n) is 3.51. The molecule has 10 heavy (non-hydrogen) atoms. The van der Waals surface area contributed by atoms with Crippen molar-refractivity contribution in [2.24, 2.45) is 0 Å². The molecule has 0 radical (unpaired) electrons. The van der Waals surface area contributed by atoms with Crippen LogP contribution in [0.2, 0.25) is 3.93 Å². The average molecular weight is 332 g/mol. The molecule has 0 amide bonds. The second kappa shape index (κ2) is 4.00. The summed E-state index contributed by atoms with van der Waals surface area (Å²) >= 11 is 0.780. The van der Waals surface area contributed by atoms with Crippen LogP contribution in [0.1, 0.15) is 13.8 Å². The minimum absolute atomic E-state index is 0.105. The van der Waals surface area contributed by atoms with Gasteiger partial charge in [-0.3, -0.25) is 0 Å². The first kappa shape index (κ1) is 8.91. The number of hydrogen-bond donors (Lipinski definition) is 0. The number of ether oxygens (including phenoxy) is 1. The topological polar surface area (TPSA) is 27.7 Å². The van der Waals surface area contributed by atoms with Gasteiger partial charge in [-0.15, -0.1) is 0 Å². The SMILES string of the molecule is CC1OO[C@H](C)O[C@@H]1[CH2][Hg]. The second-order valence-corrected chi connectivity index (χ2v) is 4.67. The van der Waals surface area contributed by atoms with Crippen molar-refractivity contribution in [3.63, 3.8) is 0 Å². The molecule has 0 N–H and O–H groups in total. The van der Waals surface area contributed by atoms with Crippen LogP contribution in [-0.2, 0) is 40.6 Å². The first-order valence-corrected chi connectivity index (χ1v) is 7.39. The van der Waals surface area contributed by atoms with Crippen LogP contribution < -0.4 is 0 Å². The zero-order valence-corrected chi connectivity index (χ0v) is 11.9. The van der Waals surface area contributed by atoms with Gasteiger partial charge >= 0.3 is 76.9 Å². The van der Waals surface area contributed by atoms with E-state index >= 15 is 0 Å². The van der Waals surface area contributed by atoms with E-state index in [2.05, 4.69) is 0 Å². The molecule has 3 nitrogen and oxygen atoms in total. The molecule has 0 aliphatic carbocycles. The molecule has 1 rings (SSSR count). The van der Waals surface area contributed by atoms with E-state index in [1.165, 1.54) is 0 Å². The summed E-state index contributed by atoms with van der Waals surface area (Å²) in [5.41, 5.74) is 0. The van der Waals surface area contributed by atoms with Crippen molar-refractivity contribution < 1.29 is 40.6 Å². The van der Waals surface area contributed by atoms with E-state index in [-0.39, 0.29) is 18.5 Å². The van der Waals surface area contributed by atoms with Crippen LogP contribution in [0.5, 0.6) is 0 Å². The maximum atomic E-state index is 5.45. The van der Waals surface area contributed by atoms with Crippen LogP contribution >= 0.6 is 0 Å². The summed E-state index contributed by atoms with van der Waals surface area (Å²) in [5.74, 6) is 0. The van der Waals surface area contributed by atoms with Crippen molar-refractivity contribution in [1.29, 1.82) is 0 Å². The molecule has 4 heteroatoms. The van der Waals surface area contributed by atoms with Gasteiger partial charge in [0, 0.05) is 0 Å². The van der Waals surface area contributed by atoms with Gasteiger partial charge in [-0.1, -0.05) is 0 Å². The zero-order valence-electron chi connectivity index (χ0n) is 6.37. The van der Waals surface area contributed by atoms with Gasteiger partial charge in [-0.05, 0) is 0 Å². The van der Waals surface area contributed by atoms with E-state index in [0.29, 0.717) is 0 Å². The van der Waals surface area contributed by atoms with Crippen LogP contribution in [0.3, 0.4) is 0 Å². The molecule has 0 saturated carbocycles. The number of rotatable bonds is 1. The fraction of sp³-hybridized carbons (Fsp3) is 1.00. The van der Waals surface area contributed by atoms with Gasteiger partial charge < -0.3 is 0 Å². The zero-order chi connectivity index (χ0) is 7.56. The minimum atomic E-state index is -0.190.